The molecule has 1 aliphatic heterocycles. The first kappa shape index (κ1) is 22.2. The molecular formula is C26H22FN3O3S. The zero-order valence-corrected chi connectivity index (χ0v) is 19.1. The molecule has 2 aromatic carbocycles. The molecule has 0 bridgehead atoms. The highest BCUT2D eigenvalue weighted by Crippen LogP contribution is 2.35. The quantitative estimate of drug-likeness (QED) is 0.391. The molecule has 8 heteroatoms. The van der Waals surface area contributed by atoms with Crippen molar-refractivity contribution in [2.24, 2.45) is 11.8 Å². The average molecular weight is 476 g/mol. The van der Waals surface area contributed by atoms with E-state index in [4.69, 9.17) is 0 Å². The number of fused-ring (bicyclic) bond motifs is 1. The van der Waals surface area contributed by atoms with E-state index in [0.717, 1.165) is 16.0 Å². The standard InChI is InChI=1S/C26H22FN3O3S/c27-19-12-10-18(11-13-19)22-16-34-26(28-22)29(14-17-6-2-1-3-7-17)23(31)15-30-24(32)20-8-4-5-9-21(20)25(30)33/h1-7,10-13,16,20-21H,8-9,14-15H2. The van der Waals surface area contributed by atoms with E-state index >= 15 is 0 Å². The SMILES string of the molecule is O=C1C2CC=CCC2C(=O)N1CC(=O)N(Cc1ccccc1)c1nc(-c2ccc(F)cc2)cs1. The third-order valence-corrected chi connectivity index (χ3v) is 7.10. The van der Waals surface area contributed by atoms with Crippen molar-refractivity contribution in [3.8, 4) is 11.3 Å². The van der Waals surface area contributed by atoms with E-state index in [1.165, 1.54) is 28.4 Å². The van der Waals surface area contributed by atoms with Gasteiger partial charge in [-0.15, -0.1) is 11.3 Å². The van der Waals surface area contributed by atoms with Gasteiger partial charge in [0.25, 0.3) is 0 Å². The fourth-order valence-electron chi connectivity index (χ4n) is 4.42. The van der Waals surface area contributed by atoms with E-state index in [1.807, 2.05) is 42.5 Å². The second-order valence-corrected chi connectivity index (χ2v) is 9.24. The van der Waals surface area contributed by atoms with Gasteiger partial charge in [0.15, 0.2) is 5.13 Å². The molecule has 2 aliphatic rings. The first-order chi connectivity index (χ1) is 16.5. The van der Waals surface area contributed by atoms with Gasteiger partial charge in [-0.3, -0.25) is 24.2 Å². The number of benzene rings is 2. The highest BCUT2D eigenvalue weighted by molar-refractivity contribution is 7.14. The lowest BCUT2D eigenvalue weighted by molar-refractivity contribution is -0.143. The van der Waals surface area contributed by atoms with Crippen molar-refractivity contribution >= 4 is 34.2 Å². The molecule has 34 heavy (non-hydrogen) atoms. The Bertz CT molecular complexity index is 1230. The summed E-state index contributed by atoms with van der Waals surface area (Å²) in [4.78, 5) is 46.5. The fraction of sp³-hybridized carbons (Fsp3) is 0.231. The maximum Gasteiger partial charge on any atom is 0.249 e. The molecule has 0 spiro atoms. The van der Waals surface area contributed by atoms with E-state index in [1.54, 1.807) is 17.5 Å². The number of imide groups is 1. The molecule has 2 unspecified atom stereocenters. The summed E-state index contributed by atoms with van der Waals surface area (Å²) < 4.78 is 13.3. The monoisotopic (exact) mass is 475 g/mol. The van der Waals surface area contributed by atoms with Crippen LogP contribution in [0.1, 0.15) is 18.4 Å². The van der Waals surface area contributed by atoms with Crippen molar-refractivity contribution in [2.75, 3.05) is 11.4 Å². The molecular weight excluding hydrogens is 453 g/mol. The van der Waals surface area contributed by atoms with Crippen LogP contribution in [-0.4, -0.2) is 34.2 Å². The zero-order valence-electron chi connectivity index (χ0n) is 18.3. The van der Waals surface area contributed by atoms with Crippen LogP contribution < -0.4 is 4.90 Å². The number of allylic oxidation sites excluding steroid dienone is 2. The second kappa shape index (κ2) is 9.30. The van der Waals surface area contributed by atoms with Crippen molar-refractivity contribution in [1.82, 2.24) is 9.88 Å². The highest BCUT2D eigenvalue weighted by Gasteiger charge is 2.48. The summed E-state index contributed by atoms with van der Waals surface area (Å²) in [7, 11) is 0. The number of aromatic nitrogens is 1. The molecule has 0 saturated carbocycles. The van der Waals surface area contributed by atoms with Crippen LogP contribution in [0.25, 0.3) is 11.3 Å². The third-order valence-electron chi connectivity index (χ3n) is 6.24. The minimum atomic E-state index is -0.378. The molecule has 1 aromatic heterocycles. The van der Waals surface area contributed by atoms with Crippen LogP contribution in [0.15, 0.2) is 72.1 Å². The smallest absolute Gasteiger partial charge is 0.249 e. The van der Waals surface area contributed by atoms with Gasteiger partial charge < -0.3 is 0 Å². The number of thiazole rings is 1. The minimum Gasteiger partial charge on any atom is -0.282 e. The van der Waals surface area contributed by atoms with Crippen molar-refractivity contribution < 1.29 is 18.8 Å². The Morgan fingerprint density at radius 2 is 1.65 bits per heavy atom. The normalized spacial score (nSPS) is 19.4. The molecule has 0 N–H and O–H groups in total. The molecule has 2 atom stereocenters. The van der Waals surface area contributed by atoms with Crippen LogP contribution >= 0.6 is 11.3 Å². The minimum absolute atomic E-state index is 0.251. The number of carbonyl (C=O) groups excluding carboxylic acids is 3. The summed E-state index contributed by atoms with van der Waals surface area (Å²) in [5, 5.41) is 2.26. The Morgan fingerprint density at radius 3 is 2.29 bits per heavy atom. The number of anilines is 1. The predicted molar refractivity (Wildman–Crippen MR) is 127 cm³/mol. The van der Waals surface area contributed by atoms with Gasteiger partial charge in [-0.25, -0.2) is 9.37 Å². The van der Waals surface area contributed by atoms with Gasteiger partial charge in [0, 0.05) is 10.9 Å². The van der Waals surface area contributed by atoms with Gasteiger partial charge >= 0.3 is 0 Å². The molecule has 3 amide bonds. The zero-order chi connectivity index (χ0) is 23.7. The molecule has 0 radical (unpaired) electrons. The lowest BCUT2D eigenvalue weighted by Crippen LogP contribution is -2.43. The molecule has 1 fully saturated rings. The number of halogens is 1. The summed E-state index contributed by atoms with van der Waals surface area (Å²) in [6, 6.07) is 15.5. The molecule has 2 heterocycles. The summed E-state index contributed by atoms with van der Waals surface area (Å²) in [6.07, 6.45) is 4.90. The highest BCUT2D eigenvalue weighted by atomic mass is 32.1. The third kappa shape index (κ3) is 4.28. The summed E-state index contributed by atoms with van der Waals surface area (Å²) in [6.45, 7) is -0.0658. The number of nitrogens with zero attached hydrogens (tertiary/aromatic N) is 3. The van der Waals surface area contributed by atoms with E-state index in [2.05, 4.69) is 4.98 Å². The van der Waals surface area contributed by atoms with Gasteiger partial charge in [0.2, 0.25) is 17.7 Å². The van der Waals surface area contributed by atoms with Crippen molar-refractivity contribution in [2.45, 2.75) is 19.4 Å². The Hall–Kier alpha value is -3.65. The van der Waals surface area contributed by atoms with Crippen LogP contribution in [0.5, 0.6) is 0 Å². The van der Waals surface area contributed by atoms with Gasteiger partial charge in [0.05, 0.1) is 24.1 Å². The van der Waals surface area contributed by atoms with Crippen LogP contribution in [0.2, 0.25) is 0 Å². The Kier molecular flexibility index (Phi) is 6.06. The first-order valence-corrected chi connectivity index (χ1v) is 11.9. The Morgan fingerprint density at radius 1 is 1.00 bits per heavy atom. The topological polar surface area (TPSA) is 70.6 Å². The van der Waals surface area contributed by atoms with E-state index in [9.17, 15) is 18.8 Å². The van der Waals surface area contributed by atoms with Crippen molar-refractivity contribution in [3.63, 3.8) is 0 Å². The lowest BCUT2D eigenvalue weighted by atomic mass is 9.85. The number of hydrogen-bond donors (Lipinski definition) is 0. The predicted octanol–water partition coefficient (Wildman–Crippen LogP) is 4.43. The van der Waals surface area contributed by atoms with Crippen LogP contribution in [0, 0.1) is 17.7 Å². The lowest BCUT2D eigenvalue weighted by Gasteiger charge is -2.23. The van der Waals surface area contributed by atoms with Crippen LogP contribution in [-0.2, 0) is 20.9 Å². The molecule has 6 nitrogen and oxygen atoms in total. The fourth-order valence-corrected chi connectivity index (χ4v) is 5.27. The number of rotatable bonds is 6. The number of amides is 3. The molecule has 1 aliphatic carbocycles. The van der Waals surface area contributed by atoms with Crippen LogP contribution in [0.4, 0.5) is 9.52 Å². The second-order valence-electron chi connectivity index (χ2n) is 8.41. The van der Waals surface area contributed by atoms with E-state index in [0.29, 0.717) is 23.7 Å². The first-order valence-electron chi connectivity index (χ1n) is 11.1. The molecule has 5 rings (SSSR count). The summed E-state index contributed by atoms with van der Waals surface area (Å²) in [5.74, 6) is -2.03. The average Bonchev–Trinajstić information content (AvgIpc) is 3.44. The Labute approximate surface area is 200 Å². The molecule has 3 aromatic rings. The molecule has 172 valence electrons. The molecule has 1 saturated heterocycles. The van der Waals surface area contributed by atoms with Gasteiger partial charge in [0.1, 0.15) is 12.4 Å². The maximum atomic E-state index is 13.5. The number of carbonyl (C=O) groups is 3. The number of hydrogen-bond acceptors (Lipinski definition) is 5. The maximum absolute atomic E-state index is 13.5. The van der Waals surface area contributed by atoms with Crippen LogP contribution in [0.3, 0.4) is 0 Å². The Balaban J connectivity index is 1.41. The van der Waals surface area contributed by atoms with Gasteiger partial charge in [-0.2, -0.15) is 0 Å². The summed E-state index contributed by atoms with van der Waals surface area (Å²) in [5.41, 5.74) is 2.25. The van der Waals surface area contributed by atoms with Gasteiger partial charge in [-0.1, -0.05) is 42.5 Å². The number of likely N-dealkylation sites (tertiary alicyclic amines) is 1. The van der Waals surface area contributed by atoms with Crippen molar-refractivity contribution in [1.29, 1.82) is 0 Å². The summed E-state index contributed by atoms with van der Waals surface area (Å²) >= 11 is 1.29. The van der Waals surface area contributed by atoms with Gasteiger partial charge in [-0.05, 0) is 42.7 Å². The largest absolute Gasteiger partial charge is 0.282 e. The van der Waals surface area contributed by atoms with E-state index in [-0.39, 0.29) is 48.5 Å². The van der Waals surface area contributed by atoms with Crippen molar-refractivity contribution in [3.05, 3.63) is 83.5 Å². The van der Waals surface area contributed by atoms with E-state index < -0.39 is 0 Å².